The summed E-state index contributed by atoms with van der Waals surface area (Å²) in [7, 11) is 0. The van der Waals surface area contributed by atoms with Gasteiger partial charge in [-0.05, 0) is 29.8 Å². The van der Waals surface area contributed by atoms with Crippen LogP contribution in [0.15, 0.2) is 48.8 Å². The summed E-state index contributed by atoms with van der Waals surface area (Å²) in [5, 5.41) is 1.42. The largest absolute Gasteiger partial charge is 0.396 e. The number of benzene rings is 1. The number of pyridine rings is 2. The van der Waals surface area contributed by atoms with E-state index >= 15 is 0 Å². The summed E-state index contributed by atoms with van der Waals surface area (Å²) < 4.78 is 0. The fraction of sp³-hybridized carbons (Fsp3) is 0. The highest BCUT2D eigenvalue weighted by atomic mass is 35.5. The molecule has 0 spiro atoms. The van der Waals surface area contributed by atoms with Crippen molar-refractivity contribution in [2.45, 2.75) is 0 Å². The van der Waals surface area contributed by atoms with E-state index in [-0.39, 0.29) is 0 Å². The minimum absolute atomic E-state index is 0.334. The Morgan fingerprint density at radius 2 is 1.89 bits per heavy atom. The fourth-order valence-corrected chi connectivity index (χ4v) is 1.98. The number of hydrogen-bond donors (Lipinski definition) is 1. The molecule has 0 aliphatic rings. The Hall–Kier alpha value is -2.13. The van der Waals surface area contributed by atoms with Crippen molar-refractivity contribution < 1.29 is 0 Å². The van der Waals surface area contributed by atoms with Gasteiger partial charge in [0, 0.05) is 23.3 Å². The molecule has 0 unspecified atom stereocenters. The van der Waals surface area contributed by atoms with E-state index in [1.807, 2.05) is 30.3 Å². The third-order valence-corrected chi connectivity index (χ3v) is 3.12. The van der Waals surface area contributed by atoms with E-state index in [9.17, 15) is 0 Å². The van der Waals surface area contributed by atoms with E-state index in [2.05, 4.69) is 16.0 Å². The second kappa shape index (κ2) is 4.27. The second-order valence-corrected chi connectivity index (χ2v) is 4.37. The van der Waals surface area contributed by atoms with Crippen LogP contribution in [0.1, 0.15) is 0 Å². The Bertz CT molecular complexity index is 725. The summed E-state index contributed by atoms with van der Waals surface area (Å²) in [6, 6.07) is 11.8. The van der Waals surface area contributed by atoms with E-state index in [1.165, 1.54) is 0 Å². The van der Waals surface area contributed by atoms with Crippen molar-refractivity contribution in [3.63, 3.8) is 0 Å². The van der Waals surface area contributed by atoms with Crippen molar-refractivity contribution in [3.05, 3.63) is 53.9 Å². The van der Waals surface area contributed by atoms with Crippen LogP contribution in [-0.4, -0.2) is 9.97 Å². The molecule has 0 aliphatic heterocycles. The van der Waals surface area contributed by atoms with Crippen LogP contribution in [0, 0.1) is 0 Å². The molecule has 3 nitrogen and oxygen atoms in total. The topological polar surface area (TPSA) is 51.8 Å². The number of halogens is 1. The first kappa shape index (κ1) is 11.0. The highest BCUT2D eigenvalue weighted by Gasteiger charge is 2.03. The first-order valence-electron chi connectivity index (χ1n) is 5.50. The zero-order chi connectivity index (χ0) is 12.5. The van der Waals surface area contributed by atoms with Crippen molar-refractivity contribution in [3.8, 4) is 11.1 Å². The van der Waals surface area contributed by atoms with Crippen LogP contribution >= 0.6 is 11.6 Å². The zero-order valence-corrected chi connectivity index (χ0v) is 10.2. The molecule has 0 saturated carbocycles. The summed E-state index contributed by atoms with van der Waals surface area (Å²) in [4.78, 5) is 8.35. The third kappa shape index (κ3) is 1.89. The van der Waals surface area contributed by atoms with E-state index in [0.29, 0.717) is 10.8 Å². The summed E-state index contributed by atoms with van der Waals surface area (Å²) >= 11 is 5.82. The lowest BCUT2D eigenvalue weighted by Crippen LogP contribution is -1.90. The van der Waals surface area contributed by atoms with E-state index in [0.717, 1.165) is 22.0 Å². The summed E-state index contributed by atoms with van der Waals surface area (Å²) in [5.74, 6) is 0. The molecule has 3 aromatic rings. The van der Waals surface area contributed by atoms with Gasteiger partial charge in [-0.3, -0.25) is 4.98 Å². The average Bonchev–Trinajstić information content (AvgIpc) is 2.41. The fourth-order valence-electron chi connectivity index (χ4n) is 1.88. The molecular formula is C14H10ClN3. The number of nitrogens with two attached hydrogens (primary N) is 1. The zero-order valence-electron chi connectivity index (χ0n) is 9.47. The van der Waals surface area contributed by atoms with Crippen LogP contribution in [0.25, 0.3) is 22.0 Å². The van der Waals surface area contributed by atoms with E-state index < -0.39 is 0 Å². The van der Waals surface area contributed by atoms with E-state index in [4.69, 9.17) is 17.3 Å². The summed E-state index contributed by atoms with van der Waals surface area (Å²) in [6.45, 7) is 0. The van der Waals surface area contributed by atoms with E-state index in [1.54, 1.807) is 12.4 Å². The molecular weight excluding hydrogens is 246 g/mol. The normalized spacial score (nSPS) is 10.7. The molecule has 0 radical (unpaired) electrons. The number of anilines is 1. The quantitative estimate of drug-likeness (QED) is 0.677. The molecule has 0 saturated heterocycles. The lowest BCUT2D eigenvalue weighted by atomic mass is 10.0. The molecule has 4 heteroatoms. The second-order valence-electron chi connectivity index (χ2n) is 4.01. The minimum Gasteiger partial charge on any atom is -0.396 e. The number of aromatic nitrogens is 2. The minimum atomic E-state index is 0.334. The SMILES string of the molecule is Nc1cc(-c2ccc3ncccc3c2)cnc1Cl. The lowest BCUT2D eigenvalue weighted by molar-refractivity contribution is 1.33. The molecule has 0 bridgehead atoms. The number of hydrogen-bond acceptors (Lipinski definition) is 3. The van der Waals surface area contributed by atoms with Crippen LogP contribution in [-0.2, 0) is 0 Å². The van der Waals surface area contributed by atoms with Gasteiger partial charge in [-0.15, -0.1) is 0 Å². The third-order valence-electron chi connectivity index (χ3n) is 2.80. The summed E-state index contributed by atoms with van der Waals surface area (Å²) in [6.07, 6.45) is 3.50. The van der Waals surface area contributed by atoms with Crippen molar-refractivity contribution in [2.75, 3.05) is 5.73 Å². The highest BCUT2D eigenvalue weighted by Crippen LogP contribution is 2.26. The maximum absolute atomic E-state index is 5.82. The van der Waals surface area contributed by atoms with Gasteiger partial charge in [0.05, 0.1) is 11.2 Å². The van der Waals surface area contributed by atoms with Gasteiger partial charge in [-0.25, -0.2) is 4.98 Å². The Balaban J connectivity index is 2.16. The van der Waals surface area contributed by atoms with Crippen LogP contribution in [0.5, 0.6) is 0 Å². The van der Waals surface area contributed by atoms with Crippen LogP contribution in [0.2, 0.25) is 5.15 Å². The Morgan fingerprint density at radius 1 is 1.00 bits per heavy atom. The molecule has 3 rings (SSSR count). The van der Waals surface area contributed by atoms with Crippen LogP contribution in [0.4, 0.5) is 5.69 Å². The molecule has 88 valence electrons. The van der Waals surface area contributed by atoms with Gasteiger partial charge in [-0.1, -0.05) is 23.7 Å². The maximum Gasteiger partial charge on any atom is 0.151 e. The van der Waals surface area contributed by atoms with Crippen LogP contribution in [0.3, 0.4) is 0 Å². The Morgan fingerprint density at radius 3 is 2.72 bits per heavy atom. The van der Waals surface area contributed by atoms with Gasteiger partial charge in [0.25, 0.3) is 0 Å². The van der Waals surface area contributed by atoms with Crippen molar-refractivity contribution in [2.24, 2.45) is 0 Å². The number of nitrogen functional groups attached to an aromatic ring is 1. The van der Waals surface area contributed by atoms with Crippen molar-refractivity contribution in [1.29, 1.82) is 0 Å². The molecule has 0 atom stereocenters. The Kier molecular flexibility index (Phi) is 2.61. The number of rotatable bonds is 1. The molecule has 0 aliphatic carbocycles. The standard InChI is InChI=1S/C14H10ClN3/c15-14-12(16)7-11(8-18-14)9-3-4-13-10(6-9)2-1-5-17-13/h1-8H,16H2. The number of fused-ring (bicyclic) bond motifs is 1. The summed E-state index contributed by atoms with van der Waals surface area (Å²) in [5.41, 5.74) is 9.21. The van der Waals surface area contributed by atoms with Gasteiger partial charge >= 0.3 is 0 Å². The van der Waals surface area contributed by atoms with Crippen LogP contribution < -0.4 is 5.73 Å². The molecule has 1 aromatic carbocycles. The Labute approximate surface area is 109 Å². The van der Waals surface area contributed by atoms with Gasteiger partial charge < -0.3 is 5.73 Å². The van der Waals surface area contributed by atoms with Crippen molar-refractivity contribution >= 4 is 28.2 Å². The van der Waals surface area contributed by atoms with Gasteiger partial charge in [0.1, 0.15) is 0 Å². The lowest BCUT2D eigenvalue weighted by Gasteiger charge is -2.05. The molecule has 18 heavy (non-hydrogen) atoms. The predicted octanol–water partition coefficient (Wildman–Crippen LogP) is 3.53. The maximum atomic E-state index is 5.82. The molecule has 2 heterocycles. The highest BCUT2D eigenvalue weighted by molar-refractivity contribution is 6.31. The molecule has 0 amide bonds. The predicted molar refractivity (Wildman–Crippen MR) is 74.4 cm³/mol. The monoisotopic (exact) mass is 255 g/mol. The molecule has 2 N–H and O–H groups in total. The average molecular weight is 256 g/mol. The van der Waals surface area contributed by atoms with Gasteiger partial charge in [0.2, 0.25) is 0 Å². The first-order valence-corrected chi connectivity index (χ1v) is 5.88. The smallest absolute Gasteiger partial charge is 0.151 e. The molecule has 2 aromatic heterocycles. The van der Waals surface area contributed by atoms with Gasteiger partial charge in [0.15, 0.2) is 5.15 Å². The first-order chi connectivity index (χ1) is 8.74. The van der Waals surface area contributed by atoms with Crippen molar-refractivity contribution in [1.82, 2.24) is 9.97 Å². The van der Waals surface area contributed by atoms with Gasteiger partial charge in [-0.2, -0.15) is 0 Å². The number of nitrogens with zero attached hydrogens (tertiary/aromatic N) is 2. The molecule has 0 fully saturated rings.